The van der Waals surface area contributed by atoms with Gasteiger partial charge in [0, 0.05) is 31.3 Å². The third kappa shape index (κ3) is 4.40. The zero-order valence-corrected chi connectivity index (χ0v) is 13.1. The third-order valence-electron chi connectivity index (χ3n) is 3.38. The molecule has 0 unspecified atom stereocenters. The van der Waals surface area contributed by atoms with Crippen molar-refractivity contribution in [3.63, 3.8) is 0 Å². The minimum absolute atomic E-state index is 0.188. The summed E-state index contributed by atoms with van der Waals surface area (Å²) in [6.45, 7) is -16.2. The number of carbonyl (C=O) groups excluding carboxylic acids is 3. The van der Waals surface area contributed by atoms with Crippen LogP contribution >= 0.6 is 0 Å². The van der Waals surface area contributed by atoms with Gasteiger partial charge in [0.15, 0.2) is 0 Å². The molecule has 3 amide bonds. The van der Waals surface area contributed by atoms with Crippen LogP contribution in [0.15, 0.2) is 24.2 Å². The molecule has 0 fully saturated rings. The number of amides is 3. The topological polar surface area (TPSA) is 98.7 Å². The van der Waals surface area contributed by atoms with Crippen LogP contribution in [0.5, 0.6) is 0 Å². The number of hydrogen-bond acceptors (Lipinski definition) is 4. The quantitative estimate of drug-likeness (QED) is 0.688. The van der Waals surface area contributed by atoms with E-state index in [2.05, 4.69) is 0 Å². The van der Waals surface area contributed by atoms with Gasteiger partial charge in [-0.15, -0.1) is 0 Å². The van der Waals surface area contributed by atoms with E-state index in [9.17, 15) is 19.5 Å². The summed E-state index contributed by atoms with van der Waals surface area (Å²) >= 11 is 0. The van der Waals surface area contributed by atoms with Gasteiger partial charge in [0.05, 0.1) is 8.22 Å². The van der Waals surface area contributed by atoms with E-state index in [1.165, 1.54) is 0 Å². The Bertz CT molecular complexity index is 1370. The molecule has 2 rings (SSSR count). The normalized spacial score (nSPS) is 34.8. The average Bonchev–Trinajstić information content (AvgIpc) is 2.99. The molecule has 0 saturated carbocycles. The lowest BCUT2D eigenvalue weighted by molar-refractivity contribution is -0.137. The van der Waals surface area contributed by atoms with Gasteiger partial charge in [-0.25, -0.2) is 0 Å². The van der Waals surface area contributed by atoms with Crippen molar-refractivity contribution in [2.45, 2.75) is 45.1 Å². The number of aliphatic hydroxyl groups is 1. The molecule has 3 atom stereocenters. The number of nitrogens with zero attached hydrogens (tertiary/aromatic N) is 1. The molecule has 1 heterocycles. The zero-order valence-electron chi connectivity index (χ0n) is 32.1. The fourth-order valence-corrected chi connectivity index (χ4v) is 2.08. The third-order valence-corrected chi connectivity index (χ3v) is 3.38. The van der Waals surface area contributed by atoms with E-state index in [0.29, 0.717) is 0 Å². The van der Waals surface area contributed by atoms with Crippen molar-refractivity contribution in [2.75, 3.05) is 13.5 Å². The maximum Gasteiger partial charge on any atom is 0.249 e. The number of benzene rings is 1. The average molecular weight is 381 g/mol. The van der Waals surface area contributed by atoms with Crippen LogP contribution in [-0.2, 0) is 20.8 Å². The lowest BCUT2D eigenvalue weighted by Crippen LogP contribution is -2.51. The molecule has 142 valence electrons. The van der Waals surface area contributed by atoms with Crippen molar-refractivity contribution in [3.8, 4) is 0 Å². The van der Waals surface area contributed by atoms with Crippen LogP contribution in [0.2, 0.25) is 0 Å². The summed E-state index contributed by atoms with van der Waals surface area (Å²) in [5, 5.41) is 13.3. The molecule has 3 N–H and O–H groups in total. The summed E-state index contributed by atoms with van der Waals surface area (Å²) in [5.41, 5.74) is -1.08. The number of fused-ring (bicyclic) bond motifs is 1. The van der Waals surface area contributed by atoms with Crippen molar-refractivity contribution in [1.82, 2.24) is 15.5 Å². The van der Waals surface area contributed by atoms with E-state index >= 15 is 0 Å². The Hall–Kier alpha value is -2.41. The molecule has 0 aliphatic carbocycles. The number of carbonyl (C=O) groups is 3. The van der Waals surface area contributed by atoms with Gasteiger partial charge in [0.25, 0.3) is 0 Å². The molecule has 0 bridgehead atoms. The van der Waals surface area contributed by atoms with Gasteiger partial charge >= 0.3 is 0 Å². The van der Waals surface area contributed by atoms with Crippen LogP contribution in [-0.4, -0.2) is 53.3 Å². The molecule has 7 nitrogen and oxygen atoms in total. The van der Waals surface area contributed by atoms with Gasteiger partial charge in [-0.1, -0.05) is 37.9 Å². The predicted octanol–water partition coefficient (Wildman–Crippen LogP) is 0.380. The molecular formula is C19H27N3O4. The maximum absolute atomic E-state index is 13.5. The Morgan fingerprint density at radius 3 is 2.81 bits per heavy atom. The summed E-state index contributed by atoms with van der Waals surface area (Å²) in [4.78, 5) is 40.1. The minimum Gasteiger partial charge on any atom is -0.383 e. The van der Waals surface area contributed by atoms with Crippen molar-refractivity contribution in [3.05, 3.63) is 35.3 Å². The molecule has 0 saturated heterocycles. The highest BCUT2D eigenvalue weighted by Gasteiger charge is 2.32. The highest BCUT2D eigenvalue weighted by Crippen LogP contribution is 2.24. The van der Waals surface area contributed by atoms with Gasteiger partial charge < -0.3 is 20.6 Å². The first-order valence-electron chi connectivity index (χ1n) is 16.6. The SMILES string of the molecule is [2H]c1c([2H])c([2H])c2c(c1[2H])CCN(C([2H])([2H])[2H])C(=O)[C@H]2NC(=O)[C@@]([2H])(NC(=O)[C@@]([2H])(O)C([2H])(C([2H])([2H])[2H])C([2H])([2H])[2H])C([2H])([2H])[2H]. The Balaban J connectivity index is 2.76. The first-order chi connectivity index (χ1) is 19.8. The smallest absolute Gasteiger partial charge is 0.249 e. The number of nitrogens with one attached hydrogen (secondary N) is 2. The van der Waals surface area contributed by atoms with Gasteiger partial charge in [0.2, 0.25) is 17.7 Å². The van der Waals surface area contributed by atoms with E-state index < -0.39 is 112 Å². The van der Waals surface area contributed by atoms with Gasteiger partial charge in [-0.05, 0) is 30.3 Å². The maximum atomic E-state index is 13.5. The second-order valence-electron chi connectivity index (χ2n) is 5.09. The van der Waals surface area contributed by atoms with E-state index in [4.69, 9.17) is 26.0 Å². The summed E-state index contributed by atoms with van der Waals surface area (Å²) in [6, 6.07) is -10.0. The highest BCUT2D eigenvalue weighted by molar-refractivity contribution is 5.93. The van der Waals surface area contributed by atoms with Gasteiger partial charge in [-0.2, -0.15) is 0 Å². The van der Waals surface area contributed by atoms with Crippen molar-refractivity contribution in [1.29, 1.82) is 0 Å². The molecule has 0 radical (unpaired) electrons. The molecule has 1 aliphatic rings. The molecule has 1 aliphatic heterocycles. The lowest BCUT2D eigenvalue weighted by Gasteiger charge is -2.24. The van der Waals surface area contributed by atoms with Crippen LogP contribution in [0.1, 0.15) is 63.8 Å². The number of rotatable bonds is 5. The second-order valence-corrected chi connectivity index (χ2v) is 5.09. The Kier molecular flexibility index (Phi) is 2.03. The largest absolute Gasteiger partial charge is 0.383 e. The number of hydrogen-bond donors (Lipinski definition) is 3. The van der Waals surface area contributed by atoms with Crippen LogP contribution in [0.4, 0.5) is 0 Å². The van der Waals surface area contributed by atoms with Crippen molar-refractivity contribution >= 4 is 17.7 Å². The Labute approximate surface area is 180 Å². The molecule has 1 aromatic rings. The van der Waals surface area contributed by atoms with Crippen LogP contribution in [0, 0.1) is 5.89 Å². The molecule has 26 heavy (non-hydrogen) atoms. The molecule has 7 heteroatoms. The Morgan fingerprint density at radius 1 is 1.35 bits per heavy atom. The highest BCUT2D eigenvalue weighted by atomic mass is 16.3. The van der Waals surface area contributed by atoms with Crippen LogP contribution in [0.3, 0.4) is 0 Å². The van der Waals surface area contributed by atoms with Crippen LogP contribution in [0.25, 0.3) is 0 Å². The second kappa shape index (κ2) is 8.31. The monoisotopic (exact) mass is 380 g/mol. The van der Waals surface area contributed by atoms with Crippen molar-refractivity contribution < 1.29 is 45.5 Å². The van der Waals surface area contributed by atoms with Gasteiger partial charge in [-0.3, -0.25) is 14.4 Å². The molecule has 0 aromatic heterocycles. The van der Waals surface area contributed by atoms with Crippen LogP contribution < -0.4 is 10.6 Å². The number of likely N-dealkylation sites (N-methyl/N-ethyl adjacent to an activating group) is 1. The van der Waals surface area contributed by atoms with Crippen molar-refractivity contribution in [2.24, 2.45) is 5.89 Å². The van der Waals surface area contributed by atoms with Gasteiger partial charge in [0.1, 0.15) is 18.1 Å². The molecular weight excluding hydrogens is 334 g/mol. The molecule has 1 aromatic carbocycles. The summed E-state index contributed by atoms with van der Waals surface area (Å²) in [7, 11) is 0. The molecule has 0 spiro atoms. The Morgan fingerprint density at radius 2 is 2.12 bits per heavy atom. The first kappa shape index (κ1) is 6.34. The standard InChI is InChI=1S/C19H27N3O4/c1-11(2)16(23)18(25)20-12(3)17(24)21-15-14-8-6-5-7-13(14)9-10-22(4)19(15)26/h5-8,11-12,15-16,23H,9-10H2,1-4H3,(H,20,25)(H,21,24)/t12-,15-,16-/m0/s1/i1D3,2D3,3D3,4D3,5D,6D,7D,8D,11D,12D,16D. The zero-order chi connectivity index (χ0) is 35.7. The minimum atomic E-state index is -4.59. The summed E-state index contributed by atoms with van der Waals surface area (Å²) < 4.78 is 147. The summed E-state index contributed by atoms with van der Waals surface area (Å²) in [5.74, 6) is -10.8. The van der Waals surface area contributed by atoms with E-state index in [-0.39, 0.29) is 10.5 Å². The fourth-order valence-electron chi connectivity index (χ4n) is 2.08. The first-order valence-corrected chi connectivity index (χ1v) is 7.07. The lowest BCUT2D eigenvalue weighted by atomic mass is 9.99. The van der Waals surface area contributed by atoms with E-state index in [0.717, 1.165) is 5.32 Å². The summed E-state index contributed by atoms with van der Waals surface area (Å²) in [6.07, 6.45) is -5.09. The fraction of sp³-hybridized carbons (Fsp3) is 0.526. The van der Waals surface area contributed by atoms with E-state index in [1.54, 1.807) is 5.32 Å². The predicted molar refractivity (Wildman–Crippen MR) is 97.1 cm³/mol. The van der Waals surface area contributed by atoms with E-state index in [1.807, 2.05) is 0 Å².